The molecule has 0 aromatic carbocycles. The first kappa shape index (κ1) is 15.8. The van der Waals surface area contributed by atoms with Crippen LogP contribution in [0.25, 0.3) is 0 Å². The van der Waals surface area contributed by atoms with E-state index < -0.39 is 0 Å². The monoisotopic (exact) mass is 282 g/mol. The highest BCUT2D eigenvalue weighted by Crippen LogP contribution is 2.51. The minimum Gasteiger partial charge on any atom is -0.377 e. The molecule has 0 aromatic rings. The number of carbonyl (C=O) groups is 1. The fourth-order valence-corrected chi connectivity index (χ4v) is 4.01. The normalized spacial score (nSPS) is 31.3. The Labute approximate surface area is 123 Å². The van der Waals surface area contributed by atoms with Gasteiger partial charge < -0.3 is 15.0 Å². The Morgan fingerprint density at radius 3 is 2.70 bits per heavy atom. The lowest BCUT2D eigenvalue weighted by atomic mass is 9.55. The molecule has 1 aliphatic heterocycles. The molecular formula is C16H30N2O2. The van der Waals surface area contributed by atoms with Crippen molar-refractivity contribution in [2.24, 2.45) is 11.3 Å². The van der Waals surface area contributed by atoms with Crippen molar-refractivity contribution >= 4 is 5.91 Å². The number of carbonyl (C=O) groups excluding carboxylic acids is 1. The van der Waals surface area contributed by atoms with Crippen molar-refractivity contribution in [3.05, 3.63) is 0 Å². The van der Waals surface area contributed by atoms with E-state index in [1.54, 1.807) is 0 Å². The highest BCUT2D eigenvalue weighted by Gasteiger charge is 2.57. The Morgan fingerprint density at radius 2 is 2.05 bits per heavy atom. The van der Waals surface area contributed by atoms with Crippen LogP contribution in [0.4, 0.5) is 0 Å². The van der Waals surface area contributed by atoms with E-state index in [2.05, 4.69) is 19.2 Å². The molecule has 20 heavy (non-hydrogen) atoms. The predicted molar refractivity (Wildman–Crippen MR) is 80.6 cm³/mol. The van der Waals surface area contributed by atoms with Crippen molar-refractivity contribution in [1.82, 2.24) is 10.2 Å². The van der Waals surface area contributed by atoms with Gasteiger partial charge in [0.15, 0.2) is 0 Å². The molecule has 3 atom stereocenters. The van der Waals surface area contributed by atoms with Crippen LogP contribution in [0.15, 0.2) is 0 Å². The maximum absolute atomic E-state index is 12.0. The van der Waals surface area contributed by atoms with Crippen LogP contribution in [0, 0.1) is 11.3 Å². The average Bonchev–Trinajstić information content (AvgIpc) is 2.44. The third kappa shape index (κ3) is 2.86. The number of nitrogens with zero attached hydrogens (tertiary/aromatic N) is 1. The Bertz CT molecular complexity index is 339. The second-order valence-electron chi connectivity index (χ2n) is 6.67. The summed E-state index contributed by atoms with van der Waals surface area (Å²) in [5.41, 5.74) is 0.198. The number of hydrogen-bond acceptors (Lipinski definition) is 3. The van der Waals surface area contributed by atoms with E-state index in [0.717, 1.165) is 26.2 Å². The minimum absolute atomic E-state index is 0.198. The molecule has 3 unspecified atom stereocenters. The molecule has 0 aromatic heterocycles. The molecule has 1 amide bonds. The molecule has 1 heterocycles. The van der Waals surface area contributed by atoms with E-state index in [1.165, 1.54) is 12.8 Å². The van der Waals surface area contributed by atoms with Crippen LogP contribution < -0.4 is 5.32 Å². The van der Waals surface area contributed by atoms with E-state index in [9.17, 15) is 4.79 Å². The summed E-state index contributed by atoms with van der Waals surface area (Å²) in [7, 11) is 0. The number of ether oxygens (including phenoxy) is 1. The maximum atomic E-state index is 12.0. The van der Waals surface area contributed by atoms with Gasteiger partial charge in [0.1, 0.15) is 0 Å². The Morgan fingerprint density at radius 1 is 1.35 bits per heavy atom. The lowest BCUT2D eigenvalue weighted by Crippen LogP contribution is -2.69. The lowest BCUT2D eigenvalue weighted by molar-refractivity contribution is -0.192. The standard InChI is InChI=1S/C16H30N2O2/c1-5-18(6-2)13(19)9-10-17-14-12-8-7-11-20-15(12)16(14,3)4/h12,14-15,17H,5-11H2,1-4H3. The average molecular weight is 282 g/mol. The van der Waals surface area contributed by atoms with Crippen LogP contribution in [-0.2, 0) is 9.53 Å². The van der Waals surface area contributed by atoms with Gasteiger partial charge in [-0.05, 0) is 26.7 Å². The molecule has 1 saturated heterocycles. The van der Waals surface area contributed by atoms with Crippen molar-refractivity contribution in [2.75, 3.05) is 26.2 Å². The second kappa shape index (κ2) is 6.44. The second-order valence-corrected chi connectivity index (χ2v) is 6.67. The van der Waals surface area contributed by atoms with Crippen LogP contribution in [0.2, 0.25) is 0 Å². The maximum Gasteiger partial charge on any atom is 0.223 e. The smallest absolute Gasteiger partial charge is 0.223 e. The summed E-state index contributed by atoms with van der Waals surface area (Å²) < 4.78 is 5.91. The molecule has 1 saturated carbocycles. The molecule has 0 radical (unpaired) electrons. The van der Waals surface area contributed by atoms with Gasteiger partial charge in [0.25, 0.3) is 0 Å². The van der Waals surface area contributed by atoms with Crippen molar-refractivity contribution in [1.29, 1.82) is 0 Å². The quantitative estimate of drug-likeness (QED) is 0.810. The summed E-state index contributed by atoms with van der Waals surface area (Å²) in [6.45, 7) is 11.9. The first-order valence-electron chi connectivity index (χ1n) is 8.15. The first-order chi connectivity index (χ1) is 9.52. The van der Waals surface area contributed by atoms with Crippen molar-refractivity contribution in [2.45, 2.75) is 59.1 Å². The molecule has 0 spiro atoms. The van der Waals surface area contributed by atoms with Gasteiger partial charge in [-0.25, -0.2) is 0 Å². The molecule has 4 heteroatoms. The SMILES string of the molecule is CCN(CC)C(=O)CCNC1C2CCCOC2C1(C)C. The summed E-state index contributed by atoms with van der Waals surface area (Å²) in [5, 5.41) is 3.62. The fraction of sp³-hybridized carbons (Fsp3) is 0.938. The van der Waals surface area contributed by atoms with Crippen LogP contribution in [0.3, 0.4) is 0 Å². The van der Waals surface area contributed by atoms with Crippen LogP contribution in [0.1, 0.15) is 47.0 Å². The zero-order valence-electron chi connectivity index (χ0n) is 13.4. The molecule has 1 N–H and O–H groups in total. The molecule has 2 aliphatic rings. The van der Waals surface area contributed by atoms with Crippen LogP contribution in [0.5, 0.6) is 0 Å². The first-order valence-corrected chi connectivity index (χ1v) is 8.15. The van der Waals surface area contributed by atoms with Crippen molar-refractivity contribution in [3.8, 4) is 0 Å². The number of hydrogen-bond donors (Lipinski definition) is 1. The Balaban J connectivity index is 1.78. The Hall–Kier alpha value is -0.610. The topological polar surface area (TPSA) is 41.6 Å². The summed E-state index contributed by atoms with van der Waals surface area (Å²) in [6.07, 6.45) is 3.45. The number of amides is 1. The van der Waals surface area contributed by atoms with E-state index in [1.807, 2.05) is 18.7 Å². The zero-order chi connectivity index (χ0) is 14.8. The van der Waals surface area contributed by atoms with E-state index in [-0.39, 0.29) is 11.3 Å². The van der Waals surface area contributed by atoms with Gasteiger partial charge in [-0.1, -0.05) is 13.8 Å². The van der Waals surface area contributed by atoms with Crippen molar-refractivity contribution < 1.29 is 9.53 Å². The highest BCUT2D eigenvalue weighted by atomic mass is 16.5. The molecule has 1 aliphatic carbocycles. The molecule has 2 fully saturated rings. The number of rotatable bonds is 6. The predicted octanol–water partition coefficient (Wildman–Crippen LogP) is 2.04. The highest BCUT2D eigenvalue weighted by molar-refractivity contribution is 5.76. The summed E-state index contributed by atoms with van der Waals surface area (Å²) in [6, 6.07) is 0.498. The lowest BCUT2D eigenvalue weighted by Gasteiger charge is -2.60. The molecule has 2 rings (SSSR count). The largest absolute Gasteiger partial charge is 0.377 e. The number of fused-ring (bicyclic) bond motifs is 1. The van der Waals surface area contributed by atoms with Crippen LogP contribution >= 0.6 is 0 Å². The van der Waals surface area contributed by atoms with Gasteiger partial charge in [-0.15, -0.1) is 0 Å². The van der Waals surface area contributed by atoms with Gasteiger partial charge in [0, 0.05) is 50.0 Å². The molecule has 0 bridgehead atoms. The van der Waals surface area contributed by atoms with E-state index >= 15 is 0 Å². The summed E-state index contributed by atoms with van der Waals surface area (Å²) in [4.78, 5) is 13.9. The Kier molecular flexibility index (Phi) is 5.08. The molecule has 4 nitrogen and oxygen atoms in total. The van der Waals surface area contributed by atoms with Gasteiger partial charge in [0.05, 0.1) is 6.10 Å². The van der Waals surface area contributed by atoms with Crippen molar-refractivity contribution in [3.63, 3.8) is 0 Å². The number of nitrogens with one attached hydrogen (secondary N) is 1. The van der Waals surface area contributed by atoms with Crippen LogP contribution in [-0.4, -0.2) is 49.2 Å². The van der Waals surface area contributed by atoms with E-state index in [0.29, 0.717) is 24.5 Å². The third-order valence-electron chi connectivity index (χ3n) is 5.15. The summed E-state index contributed by atoms with van der Waals surface area (Å²) >= 11 is 0. The third-order valence-corrected chi connectivity index (χ3v) is 5.15. The minimum atomic E-state index is 0.198. The molecular weight excluding hydrogens is 252 g/mol. The van der Waals surface area contributed by atoms with Gasteiger partial charge in [-0.3, -0.25) is 4.79 Å². The van der Waals surface area contributed by atoms with E-state index in [4.69, 9.17) is 4.74 Å². The van der Waals surface area contributed by atoms with Gasteiger partial charge >= 0.3 is 0 Å². The van der Waals surface area contributed by atoms with Gasteiger partial charge in [0.2, 0.25) is 5.91 Å². The van der Waals surface area contributed by atoms with Gasteiger partial charge in [-0.2, -0.15) is 0 Å². The zero-order valence-corrected chi connectivity index (χ0v) is 13.4. The molecule has 116 valence electrons. The fourth-order valence-electron chi connectivity index (χ4n) is 4.01. The summed E-state index contributed by atoms with van der Waals surface area (Å²) in [5.74, 6) is 0.901.